The highest BCUT2D eigenvalue weighted by atomic mass is 16.5. The highest BCUT2D eigenvalue weighted by Gasteiger charge is 2.24. The summed E-state index contributed by atoms with van der Waals surface area (Å²) in [6.45, 7) is 1.91. The summed E-state index contributed by atoms with van der Waals surface area (Å²) in [5, 5.41) is 2.71. The van der Waals surface area contributed by atoms with E-state index in [9.17, 15) is 9.59 Å². The van der Waals surface area contributed by atoms with Crippen molar-refractivity contribution in [3.05, 3.63) is 24.4 Å². The van der Waals surface area contributed by atoms with Gasteiger partial charge in [-0.15, -0.1) is 0 Å². The van der Waals surface area contributed by atoms with Crippen LogP contribution in [0.5, 0.6) is 0 Å². The van der Waals surface area contributed by atoms with Crippen LogP contribution in [0.2, 0.25) is 0 Å². The summed E-state index contributed by atoms with van der Waals surface area (Å²) in [5.41, 5.74) is 0. The van der Waals surface area contributed by atoms with Crippen LogP contribution in [0.4, 0.5) is 15.4 Å². The van der Waals surface area contributed by atoms with E-state index >= 15 is 0 Å². The molecule has 1 aliphatic heterocycles. The van der Waals surface area contributed by atoms with Crippen molar-refractivity contribution in [1.29, 1.82) is 0 Å². The second-order valence-corrected chi connectivity index (χ2v) is 4.09. The lowest BCUT2D eigenvalue weighted by atomic mass is 10.3. The number of nitrogens with one attached hydrogen (secondary N) is 1. The van der Waals surface area contributed by atoms with Gasteiger partial charge in [0.05, 0.1) is 7.11 Å². The van der Waals surface area contributed by atoms with Gasteiger partial charge >= 0.3 is 12.1 Å². The first-order valence-electron chi connectivity index (χ1n) is 6.00. The zero-order valence-electron chi connectivity index (χ0n) is 10.7. The number of urea groups is 1. The Morgan fingerprint density at radius 3 is 2.47 bits per heavy atom. The summed E-state index contributed by atoms with van der Waals surface area (Å²) in [4.78, 5) is 30.5. The van der Waals surface area contributed by atoms with Crippen LogP contribution in [-0.2, 0) is 4.74 Å². The van der Waals surface area contributed by atoms with Gasteiger partial charge in [0, 0.05) is 32.4 Å². The lowest BCUT2D eigenvalue weighted by molar-refractivity contribution is 0.0992. The van der Waals surface area contributed by atoms with E-state index in [1.54, 1.807) is 34.2 Å². The second kappa shape index (κ2) is 6.03. The highest BCUT2D eigenvalue weighted by Crippen LogP contribution is 2.07. The Morgan fingerprint density at radius 1 is 1.21 bits per heavy atom. The quantitative estimate of drug-likeness (QED) is 0.821. The van der Waals surface area contributed by atoms with Crippen LogP contribution in [0.25, 0.3) is 0 Å². The molecule has 0 unspecified atom stereocenters. The average Bonchev–Trinajstić information content (AvgIpc) is 2.47. The fraction of sp³-hybridized carbons (Fsp3) is 0.417. The van der Waals surface area contributed by atoms with Crippen molar-refractivity contribution in [3.63, 3.8) is 0 Å². The number of nitrogens with zero attached hydrogens (tertiary/aromatic N) is 3. The topological polar surface area (TPSA) is 74.8 Å². The van der Waals surface area contributed by atoms with Crippen molar-refractivity contribution < 1.29 is 14.3 Å². The van der Waals surface area contributed by atoms with E-state index in [1.165, 1.54) is 7.11 Å². The third kappa shape index (κ3) is 3.34. The number of anilines is 1. The molecule has 1 N–H and O–H groups in total. The van der Waals surface area contributed by atoms with Crippen molar-refractivity contribution in [1.82, 2.24) is 14.8 Å². The molecule has 19 heavy (non-hydrogen) atoms. The van der Waals surface area contributed by atoms with Crippen molar-refractivity contribution in [2.24, 2.45) is 0 Å². The predicted octanol–water partition coefficient (Wildman–Crippen LogP) is 0.997. The molecule has 3 amide bonds. The molecule has 0 saturated carbocycles. The van der Waals surface area contributed by atoms with Crippen LogP contribution in [0.15, 0.2) is 24.4 Å². The van der Waals surface area contributed by atoms with Crippen molar-refractivity contribution in [3.8, 4) is 0 Å². The van der Waals surface area contributed by atoms with E-state index in [4.69, 9.17) is 0 Å². The first-order chi connectivity index (χ1) is 9.20. The zero-order valence-corrected chi connectivity index (χ0v) is 10.7. The van der Waals surface area contributed by atoms with Crippen molar-refractivity contribution >= 4 is 17.9 Å². The number of methoxy groups -OCH3 is 1. The van der Waals surface area contributed by atoms with E-state index in [1.807, 2.05) is 0 Å². The van der Waals surface area contributed by atoms with E-state index < -0.39 is 0 Å². The van der Waals surface area contributed by atoms with Gasteiger partial charge in [0.2, 0.25) is 0 Å². The first kappa shape index (κ1) is 13.1. The van der Waals surface area contributed by atoms with Gasteiger partial charge in [-0.2, -0.15) is 0 Å². The maximum atomic E-state index is 12.0. The van der Waals surface area contributed by atoms with Gasteiger partial charge in [-0.1, -0.05) is 6.07 Å². The summed E-state index contributed by atoms with van der Waals surface area (Å²) in [6.07, 6.45) is 1.26. The van der Waals surface area contributed by atoms with Crippen LogP contribution in [0.3, 0.4) is 0 Å². The van der Waals surface area contributed by atoms with Gasteiger partial charge in [-0.3, -0.25) is 5.32 Å². The monoisotopic (exact) mass is 264 g/mol. The van der Waals surface area contributed by atoms with E-state index in [-0.39, 0.29) is 12.1 Å². The average molecular weight is 264 g/mol. The minimum Gasteiger partial charge on any atom is -0.453 e. The highest BCUT2D eigenvalue weighted by molar-refractivity contribution is 5.88. The molecule has 0 radical (unpaired) electrons. The molecule has 7 heteroatoms. The summed E-state index contributed by atoms with van der Waals surface area (Å²) in [6, 6.07) is 5.11. The fourth-order valence-electron chi connectivity index (χ4n) is 1.85. The third-order valence-electron chi connectivity index (χ3n) is 2.90. The molecular formula is C12H16N4O3. The summed E-state index contributed by atoms with van der Waals surface area (Å²) < 4.78 is 4.64. The molecule has 0 aliphatic carbocycles. The van der Waals surface area contributed by atoms with E-state index in [0.717, 1.165) is 0 Å². The van der Waals surface area contributed by atoms with Gasteiger partial charge < -0.3 is 14.5 Å². The lowest BCUT2D eigenvalue weighted by Crippen LogP contribution is -2.51. The number of amides is 3. The molecule has 1 saturated heterocycles. The van der Waals surface area contributed by atoms with Crippen LogP contribution in [-0.4, -0.2) is 60.2 Å². The standard InChI is InChI=1S/C12H16N4O3/c1-19-12(18)16-8-6-15(7-9-16)11(17)14-10-4-2-3-5-13-10/h2-5H,6-9H2,1H3,(H,13,14,17). The number of rotatable bonds is 1. The number of pyridine rings is 1. The molecule has 0 aromatic carbocycles. The van der Waals surface area contributed by atoms with Gasteiger partial charge in [-0.05, 0) is 12.1 Å². The molecular weight excluding hydrogens is 248 g/mol. The smallest absolute Gasteiger partial charge is 0.409 e. The minimum atomic E-state index is -0.357. The summed E-state index contributed by atoms with van der Waals surface area (Å²) in [5.74, 6) is 0.517. The number of aromatic nitrogens is 1. The Kier molecular flexibility index (Phi) is 4.17. The molecule has 7 nitrogen and oxygen atoms in total. The Balaban J connectivity index is 1.84. The lowest BCUT2D eigenvalue weighted by Gasteiger charge is -2.33. The predicted molar refractivity (Wildman–Crippen MR) is 68.8 cm³/mol. The van der Waals surface area contributed by atoms with Gasteiger partial charge in [-0.25, -0.2) is 14.6 Å². The molecule has 1 aromatic heterocycles. The van der Waals surface area contributed by atoms with E-state index in [2.05, 4.69) is 15.0 Å². The SMILES string of the molecule is COC(=O)N1CCN(C(=O)Nc2ccccn2)CC1. The number of hydrogen-bond acceptors (Lipinski definition) is 4. The molecule has 2 rings (SSSR count). The maximum Gasteiger partial charge on any atom is 0.409 e. The van der Waals surface area contributed by atoms with Crippen LogP contribution in [0, 0.1) is 0 Å². The van der Waals surface area contributed by atoms with Crippen LogP contribution in [0.1, 0.15) is 0 Å². The Labute approximate surface area is 111 Å². The van der Waals surface area contributed by atoms with Crippen molar-refractivity contribution in [2.75, 3.05) is 38.6 Å². The number of carbonyl (C=O) groups is 2. The molecule has 0 atom stereocenters. The zero-order chi connectivity index (χ0) is 13.7. The van der Waals surface area contributed by atoms with Crippen LogP contribution >= 0.6 is 0 Å². The van der Waals surface area contributed by atoms with Gasteiger partial charge in [0.1, 0.15) is 5.82 Å². The fourth-order valence-corrected chi connectivity index (χ4v) is 1.85. The summed E-state index contributed by atoms with van der Waals surface area (Å²) in [7, 11) is 1.35. The second-order valence-electron chi connectivity index (χ2n) is 4.09. The Hall–Kier alpha value is -2.31. The molecule has 0 bridgehead atoms. The Morgan fingerprint density at radius 2 is 1.89 bits per heavy atom. The molecule has 1 aromatic rings. The number of hydrogen-bond donors (Lipinski definition) is 1. The first-order valence-corrected chi connectivity index (χ1v) is 6.00. The molecule has 0 spiro atoms. The molecule has 2 heterocycles. The Bertz CT molecular complexity index is 444. The third-order valence-corrected chi connectivity index (χ3v) is 2.90. The van der Waals surface area contributed by atoms with E-state index in [0.29, 0.717) is 32.0 Å². The number of ether oxygens (including phenoxy) is 1. The maximum absolute atomic E-state index is 12.0. The van der Waals surface area contributed by atoms with Gasteiger partial charge in [0.25, 0.3) is 0 Å². The summed E-state index contributed by atoms with van der Waals surface area (Å²) >= 11 is 0. The molecule has 102 valence electrons. The van der Waals surface area contributed by atoms with Crippen molar-refractivity contribution in [2.45, 2.75) is 0 Å². The molecule has 1 aliphatic rings. The van der Waals surface area contributed by atoms with Crippen LogP contribution < -0.4 is 5.32 Å². The van der Waals surface area contributed by atoms with Gasteiger partial charge in [0.15, 0.2) is 0 Å². The molecule has 1 fully saturated rings. The number of carbonyl (C=O) groups excluding carboxylic acids is 2. The number of piperazine rings is 1. The normalized spacial score (nSPS) is 15.0. The minimum absolute atomic E-state index is 0.205. The largest absolute Gasteiger partial charge is 0.453 e.